The van der Waals surface area contributed by atoms with E-state index in [9.17, 15) is 4.79 Å². The van der Waals surface area contributed by atoms with Gasteiger partial charge in [0.05, 0.1) is 6.10 Å². The quantitative estimate of drug-likeness (QED) is 0.731. The van der Waals surface area contributed by atoms with Crippen molar-refractivity contribution in [2.75, 3.05) is 20.1 Å². The van der Waals surface area contributed by atoms with Gasteiger partial charge in [0, 0.05) is 26.3 Å². The fraction of sp³-hybridized carbons (Fsp3) is 0.375. The molecule has 0 aliphatic carbocycles. The summed E-state index contributed by atoms with van der Waals surface area (Å²) < 4.78 is 12.8. The van der Waals surface area contributed by atoms with Crippen molar-refractivity contribution in [1.82, 2.24) is 15.1 Å². The zero-order valence-electron chi connectivity index (χ0n) is 18.6. The molecule has 2 aromatic carbocycles. The molecule has 1 N–H and O–H groups in total. The number of likely N-dealkylation sites (tertiary alicyclic amines) is 1. The Bertz CT molecular complexity index is 885. The van der Waals surface area contributed by atoms with E-state index in [1.807, 2.05) is 0 Å². The Kier molecular flexibility index (Phi) is 5.92. The first-order valence-electron chi connectivity index (χ1n) is 10.7. The number of hydrogen-bond acceptors (Lipinski definition) is 4. The topological polar surface area (TPSA) is 54.0 Å². The Morgan fingerprint density at radius 1 is 1.03 bits per heavy atom. The van der Waals surface area contributed by atoms with E-state index in [0.29, 0.717) is 13.1 Å². The molecule has 0 radical (unpaired) electrons. The maximum absolute atomic E-state index is 12.1. The van der Waals surface area contributed by atoms with Crippen LogP contribution in [0.3, 0.4) is 0 Å². The number of carbonyl (C=O) groups is 1. The van der Waals surface area contributed by atoms with Crippen molar-refractivity contribution in [2.24, 2.45) is 0 Å². The van der Waals surface area contributed by atoms with Crippen LogP contribution in [0.25, 0.3) is 0 Å². The monoisotopic (exact) mass is 437 g/mol. The highest BCUT2D eigenvalue weighted by molar-refractivity contribution is 6.99. The van der Waals surface area contributed by atoms with Crippen LogP contribution < -0.4 is 15.7 Å². The van der Waals surface area contributed by atoms with E-state index in [-0.39, 0.29) is 17.2 Å². The molecule has 0 spiro atoms. The maximum Gasteiger partial charge on any atom is 0.325 e. The van der Waals surface area contributed by atoms with Crippen LogP contribution in [0.2, 0.25) is 5.04 Å². The summed E-state index contributed by atoms with van der Waals surface area (Å²) in [7, 11) is -0.951. The number of ether oxygens (including phenoxy) is 1. The third-order valence-corrected chi connectivity index (χ3v) is 11.1. The summed E-state index contributed by atoms with van der Waals surface area (Å²) in [5.74, 6) is 0. The minimum absolute atomic E-state index is 0.0598. The SMILES string of the molecule is CNC(=O)N1C=COC1N1CC(O[Si](c2ccccc2)(c2ccccc2)C(C)(C)C)C1. The molecule has 0 aromatic heterocycles. The van der Waals surface area contributed by atoms with Gasteiger partial charge in [-0.3, -0.25) is 0 Å². The number of nitrogens with one attached hydrogen (secondary N) is 1. The molecule has 31 heavy (non-hydrogen) atoms. The number of rotatable bonds is 5. The fourth-order valence-corrected chi connectivity index (χ4v) is 9.20. The predicted octanol–water partition coefficient (Wildman–Crippen LogP) is 2.67. The smallest absolute Gasteiger partial charge is 0.325 e. The third kappa shape index (κ3) is 3.89. The number of nitrogens with zero attached hydrogens (tertiary/aromatic N) is 2. The summed E-state index contributed by atoms with van der Waals surface area (Å²) in [4.78, 5) is 15.8. The van der Waals surface area contributed by atoms with Gasteiger partial charge in [0.15, 0.2) is 0 Å². The standard InChI is InChI=1S/C24H31N3O3Si/c1-24(2,3)31(20-11-7-5-8-12-20,21-13-9-6-10-14-21)30-19-17-26(18-19)23-27(15-16-29-23)22(28)25-4/h5-16,19,23H,17-18H2,1-4H3,(H,25,28). The molecule has 1 saturated heterocycles. The van der Waals surface area contributed by atoms with Gasteiger partial charge < -0.3 is 14.5 Å². The zero-order valence-corrected chi connectivity index (χ0v) is 19.6. The molecular formula is C24H31N3O3Si. The first kappa shape index (κ1) is 21.6. The Morgan fingerprint density at radius 2 is 1.58 bits per heavy atom. The van der Waals surface area contributed by atoms with Crippen LogP contribution in [0.15, 0.2) is 73.1 Å². The number of amides is 2. The van der Waals surface area contributed by atoms with Crippen molar-refractivity contribution in [1.29, 1.82) is 0 Å². The number of urea groups is 1. The third-order valence-electron chi connectivity index (χ3n) is 6.06. The highest BCUT2D eigenvalue weighted by atomic mass is 28.4. The normalized spacial score (nSPS) is 19.7. The number of carbonyl (C=O) groups excluding carboxylic acids is 1. The number of hydrogen-bond donors (Lipinski definition) is 1. The molecule has 4 rings (SSSR count). The van der Waals surface area contributed by atoms with Gasteiger partial charge in [-0.15, -0.1) is 0 Å². The summed E-state index contributed by atoms with van der Waals surface area (Å²) in [5.41, 5.74) is 0. The summed E-state index contributed by atoms with van der Waals surface area (Å²) in [6, 6.07) is 21.1. The molecule has 2 aliphatic heterocycles. The molecular weight excluding hydrogens is 406 g/mol. The average molecular weight is 438 g/mol. The lowest BCUT2D eigenvalue weighted by molar-refractivity contribution is -0.129. The summed E-state index contributed by atoms with van der Waals surface area (Å²) >= 11 is 0. The molecule has 164 valence electrons. The molecule has 2 aromatic rings. The molecule has 1 atom stereocenters. The first-order valence-corrected chi connectivity index (χ1v) is 12.6. The number of benzene rings is 2. The van der Waals surface area contributed by atoms with Crippen molar-refractivity contribution in [2.45, 2.75) is 38.3 Å². The summed E-state index contributed by atoms with van der Waals surface area (Å²) in [5, 5.41) is 5.15. The minimum atomic E-state index is -2.57. The molecule has 0 saturated carbocycles. The van der Waals surface area contributed by atoms with Crippen LogP contribution >= 0.6 is 0 Å². The molecule has 1 unspecified atom stereocenters. The van der Waals surface area contributed by atoms with E-state index in [1.54, 1.807) is 24.4 Å². The molecule has 7 heteroatoms. The van der Waals surface area contributed by atoms with Gasteiger partial charge >= 0.3 is 6.03 Å². The van der Waals surface area contributed by atoms with E-state index in [2.05, 4.69) is 91.7 Å². The van der Waals surface area contributed by atoms with Crippen LogP contribution in [-0.2, 0) is 9.16 Å². The second kappa shape index (κ2) is 8.49. The molecule has 6 nitrogen and oxygen atoms in total. The van der Waals surface area contributed by atoms with E-state index in [4.69, 9.17) is 9.16 Å². The van der Waals surface area contributed by atoms with Crippen molar-refractivity contribution >= 4 is 24.7 Å². The zero-order chi connectivity index (χ0) is 22.1. The lowest BCUT2D eigenvalue weighted by Gasteiger charge is -2.51. The Hall–Kier alpha value is -2.61. The van der Waals surface area contributed by atoms with E-state index in [1.165, 1.54) is 10.4 Å². The van der Waals surface area contributed by atoms with Gasteiger partial charge in [0.1, 0.15) is 6.26 Å². The fourth-order valence-electron chi connectivity index (χ4n) is 4.54. The minimum Gasteiger partial charge on any atom is -0.463 e. The van der Waals surface area contributed by atoms with E-state index in [0.717, 1.165) is 0 Å². The van der Waals surface area contributed by atoms with Gasteiger partial charge in [0.2, 0.25) is 6.35 Å². The Morgan fingerprint density at radius 3 is 2.06 bits per heavy atom. The van der Waals surface area contributed by atoms with Crippen molar-refractivity contribution in [3.63, 3.8) is 0 Å². The highest BCUT2D eigenvalue weighted by Crippen LogP contribution is 2.39. The van der Waals surface area contributed by atoms with Crippen LogP contribution in [0.4, 0.5) is 4.79 Å². The Balaban J connectivity index is 1.60. The predicted molar refractivity (Wildman–Crippen MR) is 124 cm³/mol. The van der Waals surface area contributed by atoms with Gasteiger partial charge in [-0.05, 0) is 15.4 Å². The molecule has 2 amide bonds. The second-order valence-electron chi connectivity index (χ2n) is 9.07. The second-order valence-corrected chi connectivity index (χ2v) is 13.3. The van der Waals surface area contributed by atoms with Crippen molar-refractivity contribution < 1.29 is 14.0 Å². The largest absolute Gasteiger partial charge is 0.463 e. The molecule has 2 aliphatic rings. The highest BCUT2D eigenvalue weighted by Gasteiger charge is 2.53. The van der Waals surface area contributed by atoms with Gasteiger partial charge in [0.25, 0.3) is 8.32 Å². The summed E-state index contributed by atoms with van der Waals surface area (Å²) in [6.07, 6.45) is 2.89. The molecule has 2 heterocycles. The van der Waals surface area contributed by atoms with Gasteiger partial charge in [-0.25, -0.2) is 14.6 Å². The van der Waals surface area contributed by atoms with Crippen molar-refractivity contribution in [3.05, 3.63) is 73.1 Å². The average Bonchev–Trinajstić information content (AvgIpc) is 3.22. The van der Waals surface area contributed by atoms with E-state index >= 15 is 0 Å². The lowest BCUT2D eigenvalue weighted by atomic mass is 10.2. The summed E-state index contributed by atoms with van der Waals surface area (Å²) in [6.45, 7) is 8.28. The van der Waals surface area contributed by atoms with Crippen LogP contribution in [0, 0.1) is 0 Å². The molecule has 1 fully saturated rings. The maximum atomic E-state index is 12.1. The van der Waals surface area contributed by atoms with Crippen LogP contribution in [-0.4, -0.2) is 56.7 Å². The molecule has 0 bridgehead atoms. The van der Waals surface area contributed by atoms with Crippen molar-refractivity contribution in [3.8, 4) is 0 Å². The van der Waals surface area contributed by atoms with Gasteiger partial charge in [-0.1, -0.05) is 81.4 Å². The van der Waals surface area contributed by atoms with Gasteiger partial charge in [-0.2, -0.15) is 0 Å². The van der Waals surface area contributed by atoms with Crippen LogP contribution in [0.1, 0.15) is 20.8 Å². The Labute approximate surface area is 185 Å². The lowest BCUT2D eigenvalue weighted by Crippen LogP contribution is -2.72. The first-order chi connectivity index (χ1) is 14.9. The van der Waals surface area contributed by atoms with Crippen LogP contribution in [0.5, 0.6) is 0 Å². The van der Waals surface area contributed by atoms with E-state index < -0.39 is 14.7 Å².